The molecule has 0 fully saturated rings. The summed E-state index contributed by atoms with van der Waals surface area (Å²) in [4.78, 5) is 14.9. The first-order chi connectivity index (χ1) is 18.4. The SMILES string of the molecule is C[C@H](CO)N1C[C@H](C)[C@@H](CN(C)S(=O)(=O)c2cccs2)Oc2ccc(NS(=O)(=O)c3cccs3)cc2CC1=O. The quantitative estimate of drug-likeness (QED) is 0.379. The molecule has 3 heterocycles. The van der Waals surface area contributed by atoms with Crippen molar-refractivity contribution in [1.82, 2.24) is 9.21 Å². The molecular weight excluding hydrogens is 583 g/mol. The highest BCUT2D eigenvalue weighted by Gasteiger charge is 2.34. The number of amides is 1. The van der Waals surface area contributed by atoms with Crippen LogP contribution < -0.4 is 9.46 Å². The van der Waals surface area contributed by atoms with Crippen molar-refractivity contribution < 1.29 is 31.5 Å². The van der Waals surface area contributed by atoms with Gasteiger partial charge in [-0.15, -0.1) is 22.7 Å². The van der Waals surface area contributed by atoms with E-state index < -0.39 is 32.2 Å². The smallest absolute Gasteiger partial charge is 0.271 e. The normalized spacial score (nSPS) is 19.5. The summed E-state index contributed by atoms with van der Waals surface area (Å²) >= 11 is 2.21. The summed E-state index contributed by atoms with van der Waals surface area (Å²) in [6, 6.07) is 10.6. The molecule has 4 rings (SSSR count). The number of thiophene rings is 2. The summed E-state index contributed by atoms with van der Waals surface area (Å²) in [6.07, 6.45) is -0.728. The predicted octanol–water partition coefficient (Wildman–Crippen LogP) is 3.08. The number of carbonyl (C=O) groups is 1. The van der Waals surface area contributed by atoms with Crippen LogP contribution in [-0.2, 0) is 31.3 Å². The summed E-state index contributed by atoms with van der Waals surface area (Å²) in [5.41, 5.74) is 0.714. The molecule has 3 atom stereocenters. The van der Waals surface area contributed by atoms with E-state index in [-0.39, 0.29) is 52.0 Å². The van der Waals surface area contributed by atoms with Crippen LogP contribution in [0.15, 0.2) is 61.6 Å². The zero-order valence-electron chi connectivity index (χ0n) is 21.7. The van der Waals surface area contributed by atoms with Gasteiger partial charge in [0, 0.05) is 30.8 Å². The van der Waals surface area contributed by atoms with E-state index in [0.29, 0.717) is 11.3 Å². The van der Waals surface area contributed by atoms with Crippen LogP contribution in [0.25, 0.3) is 0 Å². The summed E-state index contributed by atoms with van der Waals surface area (Å²) in [5, 5.41) is 13.2. The fourth-order valence-electron chi connectivity index (χ4n) is 4.25. The molecule has 1 aromatic carbocycles. The van der Waals surface area contributed by atoms with Crippen molar-refractivity contribution in [2.45, 2.75) is 40.8 Å². The number of carbonyl (C=O) groups excluding carboxylic acids is 1. The summed E-state index contributed by atoms with van der Waals surface area (Å²) < 4.78 is 62.3. The minimum atomic E-state index is -3.81. The lowest BCUT2D eigenvalue weighted by molar-refractivity contribution is -0.134. The number of nitrogens with one attached hydrogen (secondary N) is 1. The molecule has 212 valence electrons. The second-order valence-corrected chi connectivity index (χ2v) is 15.5. The molecule has 0 aliphatic carbocycles. The Morgan fingerprint density at radius 1 is 1.13 bits per heavy atom. The molecule has 10 nitrogen and oxygen atoms in total. The first kappa shape index (κ1) is 29.5. The van der Waals surface area contributed by atoms with Gasteiger partial charge in [-0.05, 0) is 48.0 Å². The molecule has 2 aromatic heterocycles. The minimum absolute atomic E-state index is 0.0170. The molecule has 0 bridgehead atoms. The Labute approximate surface area is 236 Å². The van der Waals surface area contributed by atoms with Crippen LogP contribution in [0.5, 0.6) is 5.75 Å². The number of rotatable bonds is 9. The summed E-state index contributed by atoms with van der Waals surface area (Å²) in [5.74, 6) is -0.196. The lowest BCUT2D eigenvalue weighted by atomic mass is 10.0. The number of aliphatic hydroxyl groups is 1. The van der Waals surface area contributed by atoms with E-state index in [1.54, 1.807) is 59.0 Å². The Bertz CT molecular complexity index is 1490. The van der Waals surface area contributed by atoms with Crippen LogP contribution in [0.2, 0.25) is 0 Å². The zero-order valence-corrected chi connectivity index (χ0v) is 24.9. The summed E-state index contributed by atoms with van der Waals surface area (Å²) in [6.45, 7) is 3.62. The Balaban J connectivity index is 1.68. The number of fused-ring (bicyclic) bond motifs is 1. The molecule has 14 heteroatoms. The maximum absolute atomic E-state index is 13.4. The molecular formula is C25H31N3O7S4. The zero-order chi connectivity index (χ0) is 28.4. The van der Waals surface area contributed by atoms with Gasteiger partial charge in [0.25, 0.3) is 20.0 Å². The third-order valence-corrected chi connectivity index (χ3v) is 12.5. The van der Waals surface area contributed by atoms with Crippen molar-refractivity contribution in [2.24, 2.45) is 5.92 Å². The molecule has 39 heavy (non-hydrogen) atoms. The second-order valence-electron chi connectivity index (χ2n) is 9.47. The van der Waals surface area contributed by atoms with Gasteiger partial charge in [-0.1, -0.05) is 19.1 Å². The Hall–Kier alpha value is -2.49. The van der Waals surface area contributed by atoms with Gasteiger partial charge in [0.1, 0.15) is 20.3 Å². The van der Waals surface area contributed by atoms with E-state index in [0.717, 1.165) is 22.7 Å². The van der Waals surface area contributed by atoms with Crippen LogP contribution in [0.1, 0.15) is 19.4 Å². The number of likely N-dealkylation sites (N-methyl/N-ethyl adjacent to an activating group) is 1. The third-order valence-electron chi connectivity index (χ3n) is 6.53. The first-order valence-electron chi connectivity index (χ1n) is 12.2. The Kier molecular flexibility index (Phi) is 9.03. The standard InChI is InChI=1S/C25H31N3O7S4/c1-17-14-28(18(2)16-29)23(30)13-19-12-20(26-38(31,32)24-6-4-10-36-24)8-9-21(19)35-22(17)15-27(3)39(33,34)25-7-5-11-37-25/h4-12,17-18,22,26,29H,13-16H2,1-3H3/t17-,18+,22+/m0/s1. The summed E-state index contributed by atoms with van der Waals surface area (Å²) in [7, 11) is -6.07. The minimum Gasteiger partial charge on any atom is -0.488 e. The fraction of sp³-hybridized carbons (Fsp3) is 0.400. The highest BCUT2D eigenvalue weighted by atomic mass is 32.3. The molecule has 1 aliphatic heterocycles. The average molecular weight is 614 g/mol. The maximum Gasteiger partial charge on any atom is 0.271 e. The number of nitrogens with zero attached hydrogens (tertiary/aromatic N) is 2. The van der Waals surface area contributed by atoms with Crippen LogP contribution in [0, 0.1) is 5.92 Å². The number of ether oxygens (including phenoxy) is 1. The van der Waals surface area contributed by atoms with E-state index in [1.165, 1.54) is 17.4 Å². The lowest BCUT2D eigenvalue weighted by Crippen LogP contribution is -2.48. The van der Waals surface area contributed by atoms with E-state index in [1.807, 2.05) is 6.92 Å². The number of benzene rings is 1. The van der Waals surface area contributed by atoms with E-state index in [2.05, 4.69) is 4.72 Å². The second kappa shape index (κ2) is 11.9. The maximum atomic E-state index is 13.4. The van der Waals surface area contributed by atoms with E-state index in [9.17, 15) is 26.7 Å². The number of anilines is 1. The Morgan fingerprint density at radius 2 is 1.79 bits per heavy atom. The number of sulfonamides is 2. The molecule has 0 saturated heterocycles. The van der Waals surface area contributed by atoms with E-state index >= 15 is 0 Å². The number of aliphatic hydroxyl groups excluding tert-OH is 1. The predicted molar refractivity (Wildman–Crippen MR) is 151 cm³/mol. The van der Waals surface area contributed by atoms with Crippen molar-refractivity contribution in [3.63, 3.8) is 0 Å². The van der Waals surface area contributed by atoms with Crippen LogP contribution in [0.4, 0.5) is 5.69 Å². The average Bonchev–Trinajstić information content (AvgIpc) is 3.62. The van der Waals surface area contributed by atoms with Crippen LogP contribution >= 0.6 is 22.7 Å². The van der Waals surface area contributed by atoms with Gasteiger partial charge in [0.05, 0.1) is 25.6 Å². The molecule has 0 saturated carbocycles. The highest BCUT2D eigenvalue weighted by molar-refractivity contribution is 7.94. The van der Waals surface area contributed by atoms with Gasteiger partial charge in [-0.3, -0.25) is 9.52 Å². The molecule has 1 aliphatic rings. The topological polar surface area (TPSA) is 133 Å². The molecule has 3 aromatic rings. The monoisotopic (exact) mass is 613 g/mol. The van der Waals surface area contributed by atoms with Crippen LogP contribution in [0.3, 0.4) is 0 Å². The van der Waals surface area contributed by atoms with E-state index in [4.69, 9.17) is 4.74 Å². The lowest BCUT2D eigenvalue weighted by Gasteiger charge is -2.33. The van der Waals surface area contributed by atoms with Gasteiger partial charge in [0.15, 0.2) is 0 Å². The molecule has 0 spiro atoms. The van der Waals surface area contributed by atoms with Crippen molar-refractivity contribution in [2.75, 3.05) is 31.5 Å². The van der Waals surface area contributed by atoms with Crippen LogP contribution in [-0.4, -0.2) is 75.9 Å². The highest BCUT2D eigenvalue weighted by Crippen LogP contribution is 2.31. The molecule has 1 amide bonds. The van der Waals surface area contributed by atoms with Gasteiger partial charge in [-0.25, -0.2) is 16.8 Å². The molecule has 2 N–H and O–H groups in total. The van der Waals surface area contributed by atoms with Gasteiger partial charge in [-0.2, -0.15) is 4.31 Å². The largest absolute Gasteiger partial charge is 0.488 e. The van der Waals surface area contributed by atoms with Gasteiger partial charge in [0.2, 0.25) is 5.91 Å². The van der Waals surface area contributed by atoms with Crippen molar-refractivity contribution >= 4 is 54.3 Å². The van der Waals surface area contributed by atoms with Crippen molar-refractivity contribution in [3.8, 4) is 5.75 Å². The first-order valence-corrected chi connectivity index (χ1v) is 16.9. The fourth-order valence-corrected chi connectivity index (χ4v) is 8.67. The number of hydrogen-bond acceptors (Lipinski definition) is 9. The van der Waals surface area contributed by atoms with Gasteiger partial charge < -0.3 is 14.7 Å². The van der Waals surface area contributed by atoms with Crippen molar-refractivity contribution in [1.29, 1.82) is 0 Å². The third kappa shape index (κ3) is 6.64. The molecule has 0 unspecified atom stereocenters. The Morgan fingerprint density at radius 3 is 2.41 bits per heavy atom. The number of hydrogen-bond donors (Lipinski definition) is 2. The van der Waals surface area contributed by atoms with Gasteiger partial charge >= 0.3 is 0 Å². The molecule has 0 radical (unpaired) electrons. The van der Waals surface area contributed by atoms with Crippen molar-refractivity contribution in [3.05, 3.63) is 58.8 Å².